The van der Waals surface area contributed by atoms with E-state index >= 15 is 0 Å². The van der Waals surface area contributed by atoms with E-state index in [0.29, 0.717) is 0 Å². The standard InChI is InChI=1S/C15H33N/c1-6-9-10-14(8-3)12-15(13(4)5)16-11-7-2/h13-16H,6-12H2,1-5H3. The van der Waals surface area contributed by atoms with Crippen LogP contribution in [0.4, 0.5) is 0 Å². The summed E-state index contributed by atoms with van der Waals surface area (Å²) in [5.74, 6) is 1.69. The maximum absolute atomic E-state index is 3.71. The first-order valence-corrected chi connectivity index (χ1v) is 7.38. The van der Waals surface area contributed by atoms with Gasteiger partial charge in [-0.3, -0.25) is 0 Å². The van der Waals surface area contributed by atoms with Gasteiger partial charge in [-0.1, -0.05) is 60.3 Å². The lowest BCUT2D eigenvalue weighted by Crippen LogP contribution is -2.36. The van der Waals surface area contributed by atoms with Crippen molar-refractivity contribution in [2.24, 2.45) is 11.8 Å². The topological polar surface area (TPSA) is 12.0 Å². The van der Waals surface area contributed by atoms with Crippen LogP contribution in [-0.2, 0) is 0 Å². The number of unbranched alkanes of at least 4 members (excludes halogenated alkanes) is 1. The SMILES string of the molecule is CCCCC(CC)CC(NCCC)C(C)C. The van der Waals surface area contributed by atoms with Crippen molar-refractivity contribution >= 4 is 0 Å². The molecule has 0 heterocycles. The molecule has 2 atom stereocenters. The Morgan fingerprint density at radius 3 is 2.12 bits per heavy atom. The molecule has 0 aromatic rings. The van der Waals surface area contributed by atoms with E-state index in [9.17, 15) is 0 Å². The Labute approximate surface area is 103 Å². The molecule has 0 bridgehead atoms. The smallest absolute Gasteiger partial charge is 0.00926 e. The maximum Gasteiger partial charge on any atom is 0.00926 e. The van der Waals surface area contributed by atoms with Crippen LogP contribution in [0.3, 0.4) is 0 Å². The summed E-state index contributed by atoms with van der Waals surface area (Å²) in [4.78, 5) is 0. The molecule has 2 unspecified atom stereocenters. The van der Waals surface area contributed by atoms with Crippen LogP contribution in [0, 0.1) is 11.8 Å². The van der Waals surface area contributed by atoms with Gasteiger partial charge >= 0.3 is 0 Å². The van der Waals surface area contributed by atoms with Gasteiger partial charge < -0.3 is 5.32 Å². The molecule has 98 valence electrons. The van der Waals surface area contributed by atoms with E-state index in [2.05, 4.69) is 39.9 Å². The fraction of sp³-hybridized carbons (Fsp3) is 1.00. The van der Waals surface area contributed by atoms with Crippen molar-refractivity contribution in [3.8, 4) is 0 Å². The Kier molecular flexibility index (Phi) is 10.1. The summed E-state index contributed by atoms with van der Waals surface area (Å²) in [5, 5.41) is 3.71. The summed E-state index contributed by atoms with van der Waals surface area (Å²) in [7, 11) is 0. The fourth-order valence-electron chi connectivity index (χ4n) is 2.26. The van der Waals surface area contributed by atoms with Crippen LogP contribution in [0.2, 0.25) is 0 Å². The molecule has 1 heteroatoms. The van der Waals surface area contributed by atoms with Gasteiger partial charge in [-0.25, -0.2) is 0 Å². The van der Waals surface area contributed by atoms with Gasteiger partial charge in [-0.2, -0.15) is 0 Å². The van der Waals surface area contributed by atoms with Gasteiger partial charge in [0.2, 0.25) is 0 Å². The highest BCUT2D eigenvalue weighted by Gasteiger charge is 2.17. The molecule has 0 aliphatic carbocycles. The molecule has 0 fully saturated rings. The second-order valence-electron chi connectivity index (χ2n) is 5.46. The first-order chi connectivity index (χ1) is 7.65. The average Bonchev–Trinajstić information content (AvgIpc) is 2.28. The van der Waals surface area contributed by atoms with Crippen LogP contribution in [0.25, 0.3) is 0 Å². The Bertz CT molecular complexity index is 142. The first-order valence-electron chi connectivity index (χ1n) is 7.38. The molecule has 0 aliphatic rings. The molecule has 0 saturated carbocycles. The van der Waals surface area contributed by atoms with Gasteiger partial charge in [0, 0.05) is 6.04 Å². The lowest BCUT2D eigenvalue weighted by molar-refractivity contribution is 0.298. The number of rotatable bonds is 10. The number of hydrogen-bond donors (Lipinski definition) is 1. The highest BCUT2D eigenvalue weighted by molar-refractivity contribution is 4.74. The van der Waals surface area contributed by atoms with Crippen molar-refractivity contribution in [1.82, 2.24) is 5.32 Å². The van der Waals surface area contributed by atoms with Crippen molar-refractivity contribution in [2.75, 3.05) is 6.54 Å². The van der Waals surface area contributed by atoms with Crippen LogP contribution >= 0.6 is 0 Å². The van der Waals surface area contributed by atoms with Gasteiger partial charge in [0.1, 0.15) is 0 Å². The second-order valence-corrected chi connectivity index (χ2v) is 5.46. The Morgan fingerprint density at radius 1 is 1.00 bits per heavy atom. The molecule has 0 rings (SSSR count). The third-order valence-electron chi connectivity index (χ3n) is 3.59. The summed E-state index contributed by atoms with van der Waals surface area (Å²) < 4.78 is 0. The highest BCUT2D eigenvalue weighted by atomic mass is 14.9. The lowest BCUT2D eigenvalue weighted by atomic mass is 9.87. The normalized spacial score (nSPS) is 15.4. The van der Waals surface area contributed by atoms with Crippen LogP contribution in [0.15, 0.2) is 0 Å². The van der Waals surface area contributed by atoms with E-state index in [4.69, 9.17) is 0 Å². The van der Waals surface area contributed by atoms with Gasteiger partial charge in [-0.05, 0) is 31.2 Å². The Hall–Kier alpha value is -0.0400. The molecule has 0 aromatic heterocycles. The minimum Gasteiger partial charge on any atom is -0.314 e. The minimum atomic E-state index is 0.724. The molecule has 1 nitrogen and oxygen atoms in total. The van der Waals surface area contributed by atoms with Crippen molar-refractivity contribution in [3.05, 3.63) is 0 Å². The quantitative estimate of drug-likeness (QED) is 0.574. The molecule has 0 amide bonds. The summed E-state index contributed by atoms with van der Waals surface area (Å²) in [6, 6.07) is 0.724. The predicted octanol–water partition coefficient (Wildman–Crippen LogP) is 4.62. The van der Waals surface area contributed by atoms with Crippen molar-refractivity contribution < 1.29 is 0 Å². The zero-order valence-corrected chi connectivity index (χ0v) is 12.2. The molecule has 0 spiro atoms. The molecular formula is C15H33N. The molecule has 0 saturated heterocycles. The molecule has 0 aromatic carbocycles. The minimum absolute atomic E-state index is 0.724. The summed E-state index contributed by atoms with van der Waals surface area (Å²) in [6.45, 7) is 12.8. The number of hydrogen-bond acceptors (Lipinski definition) is 1. The molecule has 0 aliphatic heterocycles. The third kappa shape index (κ3) is 7.27. The van der Waals surface area contributed by atoms with Crippen LogP contribution in [0.5, 0.6) is 0 Å². The molecular weight excluding hydrogens is 194 g/mol. The summed E-state index contributed by atoms with van der Waals surface area (Å²) in [5.41, 5.74) is 0. The van der Waals surface area contributed by atoms with Gasteiger partial charge in [0.25, 0.3) is 0 Å². The molecule has 1 N–H and O–H groups in total. The monoisotopic (exact) mass is 227 g/mol. The predicted molar refractivity (Wildman–Crippen MR) is 74.8 cm³/mol. The zero-order valence-electron chi connectivity index (χ0n) is 12.2. The zero-order chi connectivity index (χ0) is 12.4. The summed E-state index contributed by atoms with van der Waals surface area (Å²) >= 11 is 0. The van der Waals surface area contributed by atoms with Crippen LogP contribution < -0.4 is 5.32 Å². The third-order valence-corrected chi connectivity index (χ3v) is 3.59. The second kappa shape index (κ2) is 10.1. The largest absolute Gasteiger partial charge is 0.314 e. The first kappa shape index (κ1) is 16.0. The van der Waals surface area contributed by atoms with E-state index in [-0.39, 0.29) is 0 Å². The van der Waals surface area contributed by atoms with Crippen LogP contribution in [-0.4, -0.2) is 12.6 Å². The van der Waals surface area contributed by atoms with Crippen molar-refractivity contribution in [3.63, 3.8) is 0 Å². The van der Waals surface area contributed by atoms with E-state index in [1.54, 1.807) is 0 Å². The Balaban J connectivity index is 4.01. The molecule has 16 heavy (non-hydrogen) atoms. The van der Waals surface area contributed by atoms with E-state index in [1.165, 1.54) is 45.1 Å². The van der Waals surface area contributed by atoms with E-state index in [0.717, 1.165) is 17.9 Å². The van der Waals surface area contributed by atoms with Crippen LogP contribution in [0.1, 0.15) is 73.1 Å². The fourth-order valence-corrected chi connectivity index (χ4v) is 2.26. The van der Waals surface area contributed by atoms with Gasteiger partial charge in [0.05, 0.1) is 0 Å². The van der Waals surface area contributed by atoms with E-state index in [1.807, 2.05) is 0 Å². The lowest BCUT2D eigenvalue weighted by Gasteiger charge is -2.27. The highest BCUT2D eigenvalue weighted by Crippen LogP contribution is 2.21. The van der Waals surface area contributed by atoms with Gasteiger partial charge in [0.15, 0.2) is 0 Å². The summed E-state index contributed by atoms with van der Waals surface area (Å²) in [6.07, 6.45) is 8.12. The average molecular weight is 227 g/mol. The van der Waals surface area contributed by atoms with Crippen molar-refractivity contribution in [2.45, 2.75) is 79.2 Å². The maximum atomic E-state index is 3.71. The Morgan fingerprint density at radius 2 is 1.69 bits per heavy atom. The molecule has 0 radical (unpaired) electrons. The van der Waals surface area contributed by atoms with E-state index < -0.39 is 0 Å². The number of nitrogens with one attached hydrogen (secondary N) is 1. The van der Waals surface area contributed by atoms with Gasteiger partial charge in [-0.15, -0.1) is 0 Å². The van der Waals surface area contributed by atoms with Crippen molar-refractivity contribution in [1.29, 1.82) is 0 Å².